The van der Waals surface area contributed by atoms with Crippen LogP contribution in [0.4, 0.5) is 0 Å². The van der Waals surface area contributed by atoms with Crippen molar-refractivity contribution in [1.29, 1.82) is 0 Å². The van der Waals surface area contributed by atoms with Crippen molar-refractivity contribution in [3.05, 3.63) is 28.8 Å². The number of hydrogen-bond donors (Lipinski definition) is 1. The highest BCUT2D eigenvalue weighted by Gasteiger charge is 2.16. The van der Waals surface area contributed by atoms with Gasteiger partial charge < -0.3 is 5.11 Å². The summed E-state index contributed by atoms with van der Waals surface area (Å²) in [6, 6.07) is 3.80. The lowest BCUT2D eigenvalue weighted by molar-refractivity contribution is 0.0979. The number of Topliss-reactive ketones (excluding diaryl/α,β-unsaturated/α-hetero) is 1. The highest BCUT2D eigenvalue weighted by molar-refractivity contribution is 5.99. The zero-order chi connectivity index (χ0) is 13.5. The van der Waals surface area contributed by atoms with Crippen LogP contribution in [0.3, 0.4) is 0 Å². The maximum absolute atomic E-state index is 11.9. The molecule has 0 aliphatic rings. The second-order valence-corrected chi connectivity index (χ2v) is 4.77. The third-order valence-corrected chi connectivity index (χ3v) is 3.18. The number of phenols is 1. The average Bonchev–Trinajstić information content (AvgIpc) is 2.34. The number of aromatic hydroxyl groups is 1. The van der Waals surface area contributed by atoms with Gasteiger partial charge in [0.05, 0.1) is 5.56 Å². The minimum atomic E-state index is 0.0513. The van der Waals surface area contributed by atoms with Gasteiger partial charge in [-0.2, -0.15) is 0 Å². The van der Waals surface area contributed by atoms with Crippen molar-refractivity contribution in [2.75, 3.05) is 0 Å². The molecule has 0 atom stereocenters. The van der Waals surface area contributed by atoms with Gasteiger partial charge in [0.1, 0.15) is 5.75 Å². The Kier molecular flexibility index (Phi) is 5.90. The minimum absolute atomic E-state index is 0.0513. The Morgan fingerprint density at radius 1 is 1.06 bits per heavy atom. The normalized spacial score (nSPS) is 10.6. The van der Waals surface area contributed by atoms with Crippen LogP contribution in [-0.2, 0) is 12.8 Å². The van der Waals surface area contributed by atoms with Crippen molar-refractivity contribution >= 4 is 5.78 Å². The molecule has 0 heterocycles. The van der Waals surface area contributed by atoms with Crippen LogP contribution in [0.25, 0.3) is 0 Å². The quantitative estimate of drug-likeness (QED) is 0.731. The second-order valence-electron chi connectivity index (χ2n) is 4.77. The van der Waals surface area contributed by atoms with Crippen molar-refractivity contribution < 1.29 is 9.90 Å². The van der Waals surface area contributed by atoms with E-state index in [1.807, 2.05) is 13.0 Å². The number of carbonyl (C=O) groups excluding carboxylic acids is 1. The van der Waals surface area contributed by atoms with E-state index in [4.69, 9.17) is 0 Å². The molecular formula is C16H24O2. The zero-order valence-electron chi connectivity index (χ0n) is 11.8. The highest BCUT2D eigenvalue weighted by atomic mass is 16.3. The molecule has 1 aromatic rings. The molecule has 0 aliphatic carbocycles. The van der Waals surface area contributed by atoms with E-state index in [1.165, 1.54) is 5.56 Å². The van der Waals surface area contributed by atoms with Gasteiger partial charge in [-0.15, -0.1) is 0 Å². The number of carbonyl (C=O) groups is 1. The van der Waals surface area contributed by atoms with Crippen LogP contribution in [-0.4, -0.2) is 10.9 Å². The number of hydrogen-bond acceptors (Lipinski definition) is 2. The summed E-state index contributed by atoms with van der Waals surface area (Å²) in [5.74, 6) is 0.275. The lowest BCUT2D eigenvalue weighted by Gasteiger charge is -2.13. The number of aryl methyl sites for hydroxylation is 1. The molecule has 0 aliphatic heterocycles. The third-order valence-electron chi connectivity index (χ3n) is 3.18. The van der Waals surface area contributed by atoms with Crippen LogP contribution in [0.2, 0.25) is 0 Å². The topological polar surface area (TPSA) is 37.3 Å². The first-order chi connectivity index (χ1) is 8.65. The van der Waals surface area contributed by atoms with Crippen LogP contribution in [0.1, 0.15) is 67.9 Å². The Labute approximate surface area is 110 Å². The van der Waals surface area contributed by atoms with Crippen LogP contribution >= 0.6 is 0 Å². The van der Waals surface area contributed by atoms with Crippen molar-refractivity contribution in [1.82, 2.24) is 0 Å². The fourth-order valence-electron chi connectivity index (χ4n) is 2.30. The molecule has 0 unspecified atom stereocenters. The molecule has 2 nitrogen and oxygen atoms in total. The highest BCUT2D eigenvalue weighted by Crippen LogP contribution is 2.29. The molecule has 1 aromatic carbocycles. The first-order valence-corrected chi connectivity index (χ1v) is 7.02. The van der Waals surface area contributed by atoms with Crippen molar-refractivity contribution in [2.24, 2.45) is 0 Å². The molecule has 0 radical (unpaired) electrons. The average molecular weight is 248 g/mol. The predicted molar refractivity (Wildman–Crippen MR) is 75.3 cm³/mol. The van der Waals surface area contributed by atoms with Gasteiger partial charge in [0, 0.05) is 6.42 Å². The molecule has 0 spiro atoms. The summed E-state index contributed by atoms with van der Waals surface area (Å²) in [7, 11) is 0. The Morgan fingerprint density at radius 3 is 2.28 bits per heavy atom. The summed E-state index contributed by atoms with van der Waals surface area (Å²) in [5, 5.41) is 10.3. The first kappa shape index (κ1) is 14.7. The van der Waals surface area contributed by atoms with E-state index in [9.17, 15) is 9.90 Å². The molecule has 0 saturated heterocycles. The summed E-state index contributed by atoms with van der Waals surface area (Å²) in [5.41, 5.74) is 2.66. The summed E-state index contributed by atoms with van der Waals surface area (Å²) in [6.45, 7) is 6.20. The van der Waals surface area contributed by atoms with E-state index >= 15 is 0 Å². The van der Waals surface area contributed by atoms with Crippen molar-refractivity contribution in [3.63, 3.8) is 0 Å². The molecule has 100 valence electrons. The van der Waals surface area contributed by atoms with E-state index in [2.05, 4.69) is 13.8 Å². The molecule has 0 fully saturated rings. The van der Waals surface area contributed by atoms with Crippen LogP contribution < -0.4 is 0 Å². The summed E-state index contributed by atoms with van der Waals surface area (Å²) in [6.07, 6.45) is 5.16. The summed E-state index contributed by atoms with van der Waals surface area (Å²) >= 11 is 0. The fourth-order valence-corrected chi connectivity index (χ4v) is 2.30. The fraction of sp³-hybridized carbons (Fsp3) is 0.562. The molecule has 0 saturated carbocycles. The molecule has 1 N–H and O–H groups in total. The molecular weight excluding hydrogens is 224 g/mol. The van der Waals surface area contributed by atoms with Crippen LogP contribution in [0, 0.1) is 0 Å². The SMILES string of the molecule is CCCC(=O)c1ccc(CCC)c(CCC)c1O. The minimum Gasteiger partial charge on any atom is -0.507 e. The van der Waals surface area contributed by atoms with E-state index in [0.717, 1.165) is 37.7 Å². The zero-order valence-corrected chi connectivity index (χ0v) is 11.8. The van der Waals surface area contributed by atoms with E-state index in [-0.39, 0.29) is 11.5 Å². The molecule has 0 bridgehead atoms. The van der Waals surface area contributed by atoms with Gasteiger partial charge in [-0.1, -0.05) is 39.7 Å². The Hall–Kier alpha value is -1.31. The number of ketones is 1. The van der Waals surface area contributed by atoms with Crippen molar-refractivity contribution in [3.8, 4) is 5.75 Å². The smallest absolute Gasteiger partial charge is 0.166 e. The van der Waals surface area contributed by atoms with Gasteiger partial charge in [0.15, 0.2) is 5.78 Å². The largest absolute Gasteiger partial charge is 0.507 e. The first-order valence-electron chi connectivity index (χ1n) is 7.02. The molecule has 18 heavy (non-hydrogen) atoms. The van der Waals surface area contributed by atoms with E-state index < -0.39 is 0 Å². The van der Waals surface area contributed by atoms with E-state index in [1.54, 1.807) is 6.07 Å². The standard InChI is InChI=1S/C16H24O2/c1-4-7-12-10-11-14(15(17)9-6-3)16(18)13(12)8-5-2/h10-11,18H,4-9H2,1-3H3. The number of benzene rings is 1. The second kappa shape index (κ2) is 7.20. The van der Waals surface area contributed by atoms with Crippen LogP contribution in [0.5, 0.6) is 5.75 Å². The Morgan fingerprint density at radius 2 is 1.72 bits per heavy atom. The van der Waals surface area contributed by atoms with E-state index in [0.29, 0.717) is 12.0 Å². The number of phenolic OH excluding ortho intramolecular Hbond substituents is 1. The lowest BCUT2D eigenvalue weighted by Crippen LogP contribution is -2.03. The van der Waals surface area contributed by atoms with Gasteiger partial charge in [-0.3, -0.25) is 4.79 Å². The summed E-state index contributed by atoms with van der Waals surface area (Å²) < 4.78 is 0. The van der Waals surface area contributed by atoms with Crippen LogP contribution in [0.15, 0.2) is 12.1 Å². The van der Waals surface area contributed by atoms with Gasteiger partial charge in [0.25, 0.3) is 0 Å². The lowest BCUT2D eigenvalue weighted by atomic mass is 9.93. The number of rotatable bonds is 7. The maximum atomic E-state index is 11.9. The maximum Gasteiger partial charge on any atom is 0.166 e. The van der Waals surface area contributed by atoms with Gasteiger partial charge in [-0.25, -0.2) is 0 Å². The van der Waals surface area contributed by atoms with Crippen molar-refractivity contribution in [2.45, 2.75) is 59.3 Å². The Balaban J connectivity index is 3.16. The third kappa shape index (κ3) is 3.34. The monoisotopic (exact) mass is 248 g/mol. The molecule has 2 heteroatoms. The predicted octanol–water partition coefficient (Wildman–Crippen LogP) is 4.28. The van der Waals surface area contributed by atoms with Gasteiger partial charge >= 0.3 is 0 Å². The molecule has 0 aromatic heterocycles. The Bertz CT molecular complexity index is 408. The molecule has 0 amide bonds. The summed E-state index contributed by atoms with van der Waals surface area (Å²) in [4.78, 5) is 11.9. The molecule has 1 rings (SSSR count). The van der Waals surface area contributed by atoms with Gasteiger partial charge in [-0.05, 0) is 36.5 Å². The van der Waals surface area contributed by atoms with Gasteiger partial charge in [0.2, 0.25) is 0 Å².